The lowest BCUT2D eigenvalue weighted by atomic mass is 9.95. The Kier molecular flexibility index (Phi) is 6.69. The number of rotatable bonds is 5. The van der Waals surface area contributed by atoms with Gasteiger partial charge >= 0.3 is 6.18 Å². The number of halogens is 3. The summed E-state index contributed by atoms with van der Waals surface area (Å²) in [5.41, 5.74) is -1.56. The number of alkyl halides is 3. The SMILES string of the molecule is Cc1nc(C(C)(C)C)[nH]c(=O)c1C(=O)NCCNC(=O)c1ccc(C(F)(F)F)cc1. The zero-order valence-corrected chi connectivity index (χ0v) is 17.0. The maximum atomic E-state index is 12.6. The Morgan fingerprint density at radius 2 is 1.53 bits per heavy atom. The van der Waals surface area contributed by atoms with Crippen molar-refractivity contribution in [3.8, 4) is 0 Å². The molecular weight excluding hydrogens is 401 g/mol. The summed E-state index contributed by atoms with van der Waals surface area (Å²) in [5, 5.41) is 5.00. The fourth-order valence-corrected chi connectivity index (χ4v) is 2.56. The van der Waals surface area contributed by atoms with Crippen LogP contribution >= 0.6 is 0 Å². The number of amides is 2. The number of aromatic nitrogens is 2. The van der Waals surface area contributed by atoms with Gasteiger partial charge in [-0.05, 0) is 31.2 Å². The van der Waals surface area contributed by atoms with Crippen LogP contribution in [0.15, 0.2) is 29.1 Å². The van der Waals surface area contributed by atoms with Gasteiger partial charge in [-0.2, -0.15) is 13.2 Å². The fourth-order valence-electron chi connectivity index (χ4n) is 2.56. The number of nitrogens with zero attached hydrogens (tertiary/aromatic N) is 1. The molecule has 0 aliphatic rings. The van der Waals surface area contributed by atoms with Crippen LogP contribution in [0.1, 0.15) is 58.6 Å². The molecular formula is C20H23F3N4O3. The molecule has 0 aliphatic carbocycles. The monoisotopic (exact) mass is 424 g/mol. The van der Waals surface area contributed by atoms with E-state index in [9.17, 15) is 27.6 Å². The van der Waals surface area contributed by atoms with Gasteiger partial charge in [0, 0.05) is 24.1 Å². The number of aromatic amines is 1. The van der Waals surface area contributed by atoms with Crippen molar-refractivity contribution >= 4 is 11.8 Å². The van der Waals surface area contributed by atoms with E-state index in [1.54, 1.807) is 6.92 Å². The molecule has 1 heterocycles. The molecule has 2 rings (SSSR count). The predicted octanol–water partition coefficient (Wildman–Crippen LogP) is 2.55. The molecule has 0 saturated heterocycles. The van der Waals surface area contributed by atoms with Gasteiger partial charge < -0.3 is 15.6 Å². The van der Waals surface area contributed by atoms with Crippen LogP contribution in [0.25, 0.3) is 0 Å². The zero-order valence-electron chi connectivity index (χ0n) is 17.0. The molecule has 0 spiro atoms. The Balaban J connectivity index is 1.92. The van der Waals surface area contributed by atoms with Gasteiger partial charge in [-0.15, -0.1) is 0 Å². The largest absolute Gasteiger partial charge is 0.416 e. The van der Waals surface area contributed by atoms with Gasteiger partial charge in [-0.3, -0.25) is 14.4 Å². The number of aryl methyl sites for hydroxylation is 1. The molecule has 0 radical (unpaired) electrons. The molecule has 30 heavy (non-hydrogen) atoms. The topological polar surface area (TPSA) is 104 Å². The van der Waals surface area contributed by atoms with Crippen molar-refractivity contribution in [1.29, 1.82) is 0 Å². The zero-order chi connectivity index (χ0) is 22.7. The summed E-state index contributed by atoms with van der Waals surface area (Å²) in [6.07, 6.45) is -4.48. The first-order valence-electron chi connectivity index (χ1n) is 9.16. The highest BCUT2D eigenvalue weighted by atomic mass is 19.4. The predicted molar refractivity (Wildman–Crippen MR) is 104 cm³/mol. The van der Waals surface area contributed by atoms with Crippen LogP contribution in [0.2, 0.25) is 0 Å². The number of nitrogens with one attached hydrogen (secondary N) is 3. The van der Waals surface area contributed by atoms with E-state index >= 15 is 0 Å². The third-order valence-electron chi connectivity index (χ3n) is 4.21. The lowest BCUT2D eigenvalue weighted by molar-refractivity contribution is -0.137. The molecule has 0 aliphatic heterocycles. The normalized spacial score (nSPS) is 11.8. The molecule has 1 aromatic carbocycles. The van der Waals surface area contributed by atoms with Gasteiger partial charge in [0.25, 0.3) is 17.4 Å². The number of carbonyl (C=O) groups is 2. The van der Waals surface area contributed by atoms with Crippen LogP contribution in [0.3, 0.4) is 0 Å². The molecule has 0 saturated carbocycles. The van der Waals surface area contributed by atoms with Gasteiger partial charge in [0.2, 0.25) is 0 Å². The number of benzene rings is 1. The highest BCUT2D eigenvalue weighted by Crippen LogP contribution is 2.29. The average Bonchev–Trinajstić information content (AvgIpc) is 2.63. The van der Waals surface area contributed by atoms with E-state index in [0.717, 1.165) is 24.3 Å². The molecule has 162 valence electrons. The summed E-state index contributed by atoms with van der Waals surface area (Å²) in [6, 6.07) is 3.78. The first kappa shape index (κ1) is 23.1. The van der Waals surface area contributed by atoms with Crippen molar-refractivity contribution in [1.82, 2.24) is 20.6 Å². The minimum Gasteiger partial charge on any atom is -0.350 e. The lowest BCUT2D eigenvalue weighted by Gasteiger charge is -2.18. The van der Waals surface area contributed by atoms with Gasteiger partial charge in [-0.25, -0.2) is 4.98 Å². The quantitative estimate of drug-likeness (QED) is 0.642. The Hall–Kier alpha value is -3.17. The second-order valence-electron chi connectivity index (χ2n) is 7.71. The molecule has 1 aromatic heterocycles. The van der Waals surface area contributed by atoms with Crippen molar-refractivity contribution in [3.05, 3.63) is 62.8 Å². The highest BCUT2D eigenvalue weighted by molar-refractivity contribution is 5.95. The average molecular weight is 424 g/mol. The van der Waals surface area contributed by atoms with E-state index in [1.807, 2.05) is 20.8 Å². The summed E-state index contributed by atoms with van der Waals surface area (Å²) in [4.78, 5) is 43.4. The van der Waals surface area contributed by atoms with E-state index in [1.165, 1.54) is 0 Å². The fraction of sp³-hybridized carbons (Fsp3) is 0.400. The van der Waals surface area contributed by atoms with E-state index in [2.05, 4.69) is 20.6 Å². The van der Waals surface area contributed by atoms with Gasteiger partial charge in [0.1, 0.15) is 11.4 Å². The molecule has 0 atom stereocenters. The molecule has 0 fully saturated rings. The minimum absolute atomic E-state index is 0.0190. The number of H-pyrrole nitrogens is 1. The van der Waals surface area contributed by atoms with Gasteiger partial charge in [0.05, 0.1) is 11.3 Å². The van der Waals surface area contributed by atoms with E-state index in [0.29, 0.717) is 5.82 Å². The van der Waals surface area contributed by atoms with Crippen LogP contribution in [0, 0.1) is 6.92 Å². The van der Waals surface area contributed by atoms with Gasteiger partial charge in [-0.1, -0.05) is 20.8 Å². The second-order valence-corrected chi connectivity index (χ2v) is 7.71. The first-order chi connectivity index (χ1) is 13.8. The minimum atomic E-state index is -4.48. The molecule has 10 heteroatoms. The third kappa shape index (κ3) is 5.68. The van der Waals surface area contributed by atoms with Crippen molar-refractivity contribution in [2.45, 2.75) is 39.3 Å². The van der Waals surface area contributed by atoms with Crippen LogP contribution in [0.5, 0.6) is 0 Å². The first-order valence-corrected chi connectivity index (χ1v) is 9.16. The Bertz CT molecular complexity index is 990. The standard InChI is InChI=1S/C20H23F3N4O3/c1-11-14(17(30)27-18(26-11)19(2,3)4)16(29)25-10-9-24-15(28)12-5-7-13(8-6-12)20(21,22)23/h5-8H,9-10H2,1-4H3,(H,24,28)(H,25,29)(H,26,27,30). The van der Waals surface area contributed by atoms with Crippen molar-refractivity contribution < 1.29 is 22.8 Å². The summed E-state index contributed by atoms with van der Waals surface area (Å²) >= 11 is 0. The number of hydrogen-bond donors (Lipinski definition) is 3. The maximum absolute atomic E-state index is 12.6. The van der Waals surface area contributed by atoms with E-state index < -0.39 is 29.1 Å². The van der Waals surface area contributed by atoms with Crippen LogP contribution in [-0.2, 0) is 11.6 Å². The third-order valence-corrected chi connectivity index (χ3v) is 4.21. The molecule has 7 nitrogen and oxygen atoms in total. The highest BCUT2D eigenvalue weighted by Gasteiger charge is 2.30. The molecule has 2 aromatic rings. The van der Waals surface area contributed by atoms with E-state index in [-0.39, 0.29) is 35.3 Å². The summed E-state index contributed by atoms with van der Waals surface area (Å²) in [7, 11) is 0. The Labute approximate surface area is 171 Å². The second kappa shape index (κ2) is 8.68. The number of carbonyl (C=O) groups excluding carboxylic acids is 2. The summed E-state index contributed by atoms with van der Waals surface area (Å²) < 4.78 is 37.7. The maximum Gasteiger partial charge on any atom is 0.416 e. The Morgan fingerprint density at radius 3 is 2.00 bits per heavy atom. The summed E-state index contributed by atoms with van der Waals surface area (Å²) in [5.74, 6) is -0.751. The molecule has 2 amide bonds. The molecule has 3 N–H and O–H groups in total. The Morgan fingerprint density at radius 1 is 1.00 bits per heavy atom. The number of hydrogen-bond acceptors (Lipinski definition) is 4. The van der Waals surface area contributed by atoms with Crippen LogP contribution in [0.4, 0.5) is 13.2 Å². The smallest absolute Gasteiger partial charge is 0.350 e. The molecule has 0 bridgehead atoms. The summed E-state index contributed by atoms with van der Waals surface area (Å²) in [6.45, 7) is 7.24. The van der Waals surface area contributed by atoms with E-state index in [4.69, 9.17) is 0 Å². The lowest BCUT2D eigenvalue weighted by Crippen LogP contribution is -2.38. The van der Waals surface area contributed by atoms with Gasteiger partial charge in [0.15, 0.2) is 0 Å². The van der Waals surface area contributed by atoms with Crippen molar-refractivity contribution in [2.75, 3.05) is 13.1 Å². The van der Waals surface area contributed by atoms with Crippen molar-refractivity contribution in [3.63, 3.8) is 0 Å². The van der Waals surface area contributed by atoms with Crippen LogP contribution in [-0.4, -0.2) is 34.9 Å². The van der Waals surface area contributed by atoms with Crippen LogP contribution < -0.4 is 16.2 Å². The van der Waals surface area contributed by atoms with Crippen molar-refractivity contribution in [2.24, 2.45) is 0 Å². The molecule has 0 unspecified atom stereocenters.